The maximum atomic E-state index is 9.03. The van der Waals surface area contributed by atoms with Crippen LogP contribution in [0.15, 0.2) is 16.2 Å². The van der Waals surface area contributed by atoms with Gasteiger partial charge in [-0.1, -0.05) is 24.9 Å². The molecule has 2 N–H and O–H groups in total. The van der Waals surface area contributed by atoms with Crippen LogP contribution in [0.1, 0.15) is 19.8 Å². The lowest BCUT2D eigenvalue weighted by Gasteiger charge is -2.17. The van der Waals surface area contributed by atoms with Crippen molar-refractivity contribution in [2.75, 3.05) is 0 Å². The lowest BCUT2D eigenvalue weighted by molar-refractivity contribution is 0.494. The second-order valence-corrected chi connectivity index (χ2v) is 2.84. The van der Waals surface area contributed by atoms with Crippen LogP contribution in [-0.4, -0.2) is 17.2 Å². The minimum absolute atomic E-state index is 0.00667. The molecular formula is C7H11ClN2O. The van der Waals surface area contributed by atoms with Crippen molar-refractivity contribution in [2.45, 2.75) is 25.9 Å². The zero-order chi connectivity index (χ0) is 8.27. The molecule has 0 aromatic carbocycles. The molecule has 1 heterocycles. The van der Waals surface area contributed by atoms with E-state index in [0.29, 0.717) is 5.16 Å². The van der Waals surface area contributed by atoms with Gasteiger partial charge < -0.3 is 10.4 Å². The van der Waals surface area contributed by atoms with E-state index in [4.69, 9.17) is 16.7 Å². The van der Waals surface area contributed by atoms with Gasteiger partial charge >= 0.3 is 0 Å². The van der Waals surface area contributed by atoms with E-state index in [9.17, 15) is 0 Å². The molecule has 1 unspecified atom stereocenters. The Bertz CT molecular complexity index is 201. The number of aliphatic hydroxyl groups is 1. The summed E-state index contributed by atoms with van der Waals surface area (Å²) in [5.41, 5.74) is 0. The lowest BCUT2D eigenvalue weighted by atomic mass is 10.2. The smallest absolute Gasteiger partial charge is 0.211 e. The van der Waals surface area contributed by atoms with Crippen LogP contribution in [0.3, 0.4) is 0 Å². The number of hydrogen-bond donors (Lipinski definition) is 2. The number of nitrogens with one attached hydrogen (secondary N) is 1. The monoisotopic (exact) mass is 174 g/mol. The van der Waals surface area contributed by atoms with Crippen LogP contribution in [0.25, 0.3) is 0 Å². The van der Waals surface area contributed by atoms with Crippen molar-refractivity contribution in [1.82, 2.24) is 5.32 Å². The molecule has 4 heteroatoms. The van der Waals surface area contributed by atoms with Crippen LogP contribution in [0.2, 0.25) is 0 Å². The first-order valence-corrected chi connectivity index (χ1v) is 4.00. The van der Waals surface area contributed by atoms with Crippen molar-refractivity contribution in [3.63, 3.8) is 0 Å². The van der Waals surface area contributed by atoms with Gasteiger partial charge in [0.1, 0.15) is 11.3 Å². The molecule has 0 saturated heterocycles. The van der Waals surface area contributed by atoms with E-state index in [1.54, 1.807) is 0 Å². The molecule has 0 radical (unpaired) electrons. The number of nitrogens with zero attached hydrogens (tertiary/aromatic N) is 1. The highest BCUT2D eigenvalue weighted by Gasteiger charge is 2.11. The van der Waals surface area contributed by atoms with Gasteiger partial charge in [0.15, 0.2) is 0 Å². The molecule has 1 rings (SSSR count). The first kappa shape index (κ1) is 8.40. The highest BCUT2D eigenvalue weighted by atomic mass is 35.5. The third kappa shape index (κ3) is 2.42. The second kappa shape index (κ2) is 3.62. The largest absolute Gasteiger partial charge is 0.493 e. The number of hydrogen-bond acceptors (Lipinski definition) is 2. The zero-order valence-electron chi connectivity index (χ0n) is 6.34. The fourth-order valence-corrected chi connectivity index (χ4v) is 1.18. The minimum Gasteiger partial charge on any atom is -0.493 e. The molecule has 0 aromatic heterocycles. The SMILES string of the molecule is CCCC1N=C(O)C=C(Cl)N1. The van der Waals surface area contributed by atoms with Crippen LogP contribution in [0.5, 0.6) is 0 Å². The van der Waals surface area contributed by atoms with Gasteiger partial charge in [0.25, 0.3) is 0 Å². The number of halogens is 1. The summed E-state index contributed by atoms with van der Waals surface area (Å²) in [6.45, 7) is 2.06. The Morgan fingerprint density at radius 3 is 3.09 bits per heavy atom. The maximum Gasteiger partial charge on any atom is 0.211 e. The summed E-state index contributed by atoms with van der Waals surface area (Å²) in [4.78, 5) is 3.92. The normalized spacial score (nSPS) is 23.6. The zero-order valence-corrected chi connectivity index (χ0v) is 7.10. The van der Waals surface area contributed by atoms with Crippen molar-refractivity contribution < 1.29 is 5.11 Å². The van der Waals surface area contributed by atoms with E-state index in [2.05, 4.69) is 17.2 Å². The molecule has 0 fully saturated rings. The van der Waals surface area contributed by atoms with Gasteiger partial charge in [0, 0.05) is 6.08 Å². The van der Waals surface area contributed by atoms with Crippen LogP contribution < -0.4 is 5.32 Å². The quantitative estimate of drug-likeness (QED) is 0.627. The fraction of sp³-hybridized carbons (Fsp3) is 0.571. The third-order valence-corrected chi connectivity index (χ3v) is 1.63. The average Bonchev–Trinajstić information content (AvgIpc) is 1.85. The Labute approximate surface area is 70.8 Å². The molecule has 1 atom stereocenters. The molecule has 62 valence electrons. The molecule has 3 nitrogen and oxygen atoms in total. The second-order valence-electron chi connectivity index (χ2n) is 2.43. The molecule has 0 spiro atoms. The van der Waals surface area contributed by atoms with Crippen LogP contribution in [0.4, 0.5) is 0 Å². The predicted octanol–water partition coefficient (Wildman–Crippen LogP) is 1.75. The Morgan fingerprint density at radius 1 is 1.82 bits per heavy atom. The molecule has 0 amide bonds. The van der Waals surface area contributed by atoms with E-state index in [1.807, 2.05) is 0 Å². The van der Waals surface area contributed by atoms with E-state index in [-0.39, 0.29) is 12.1 Å². The molecule has 1 aliphatic rings. The molecule has 1 aliphatic heterocycles. The number of rotatable bonds is 2. The topological polar surface area (TPSA) is 44.6 Å². The van der Waals surface area contributed by atoms with Crippen molar-refractivity contribution in [1.29, 1.82) is 0 Å². The molecule has 0 bridgehead atoms. The minimum atomic E-state index is -0.0579. The van der Waals surface area contributed by atoms with Crippen LogP contribution in [-0.2, 0) is 0 Å². The summed E-state index contributed by atoms with van der Waals surface area (Å²) in [7, 11) is 0. The standard InChI is InChI=1S/C7H11ClN2O/c1-2-3-6-9-5(8)4-7(11)10-6/h4,6,9H,2-3H2,1H3,(H,10,11). The Morgan fingerprint density at radius 2 is 2.55 bits per heavy atom. The highest BCUT2D eigenvalue weighted by Crippen LogP contribution is 2.09. The van der Waals surface area contributed by atoms with Gasteiger partial charge in [-0.25, -0.2) is 4.99 Å². The van der Waals surface area contributed by atoms with Gasteiger partial charge in [0.05, 0.1) is 0 Å². The van der Waals surface area contributed by atoms with Crippen LogP contribution in [0, 0.1) is 0 Å². The first-order valence-electron chi connectivity index (χ1n) is 3.63. The van der Waals surface area contributed by atoms with Gasteiger partial charge in [-0.3, -0.25) is 0 Å². The Hall–Kier alpha value is -0.700. The molecule has 0 aliphatic carbocycles. The maximum absolute atomic E-state index is 9.03. The van der Waals surface area contributed by atoms with Crippen LogP contribution >= 0.6 is 11.6 Å². The summed E-state index contributed by atoms with van der Waals surface area (Å²) in [5, 5.41) is 12.4. The van der Waals surface area contributed by atoms with Gasteiger partial charge in [0.2, 0.25) is 5.90 Å². The summed E-state index contributed by atoms with van der Waals surface area (Å²) >= 11 is 5.65. The van der Waals surface area contributed by atoms with Crippen molar-refractivity contribution in [2.24, 2.45) is 4.99 Å². The predicted molar refractivity (Wildman–Crippen MR) is 45.8 cm³/mol. The summed E-state index contributed by atoms with van der Waals surface area (Å²) in [6, 6.07) is 0. The third-order valence-electron chi connectivity index (χ3n) is 1.41. The summed E-state index contributed by atoms with van der Waals surface area (Å²) in [5.74, 6) is 0.00667. The van der Waals surface area contributed by atoms with Gasteiger partial charge in [-0.05, 0) is 6.42 Å². The molecule has 0 aromatic rings. The average molecular weight is 175 g/mol. The lowest BCUT2D eigenvalue weighted by Crippen LogP contribution is -2.29. The Balaban J connectivity index is 2.56. The van der Waals surface area contributed by atoms with E-state index in [1.165, 1.54) is 6.08 Å². The van der Waals surface area contributed by atoms with Gasteiger partial charge in [-0.2, -0.15) is 0 Å². The summed E-state index contributed by atoms with van der Waals surface area (Å²) < 4.78 is 0. The molecular weight excluding hydrogens is 164 g/mol. The van der Waals surface area contributed by atoms with E-state index in [0.717, 1.165) is 12.8 Å². The van der Waals surface area contributed by atoms with Crippen molar-refractivity contribution in [3.8, 4) is 0 Å². The van der Waals surface area contributed by atoms with E-state index >= 15 is 0 Å². The van der Waals surface area contributed by atoms with E-state index < -0.39 is 0 Å². The number of aliphatic imine (C=N–C) groups is 1. The number of aliphatic hydroxyl groups excluding tert-OH is 1. The van der Waals surface area contributed by atoms with Crippen molar-refractivity contribution in [3.05, 3.63) is 11.2 Å². The molecule has 0 saturated carbocycles. The van der Waals surface area contributed by atoms with Gasteiger partial charge in [-0.15, -0.1) is 0 Å². The Kier molecular flexibility index (Phi) is 2.76. The highest BCUT2D eigenvalue weighted by molar-refractivity contribution is 6.30. The summed E-state index contributed by atoms with van der Waals surface area (Å²) in [6.07, 6.45) is 3.23. The van der Waals surface area contributed by atoms with Crippen molar-refractivity contribution >= 4 is 17.5 Å². The molecule has 11 heavy (non-hydrogen) atoms. The fourth-order valence-electron chi connectivity index (χ4n) is 0.954. The first-order chi connectivity index (χ1) is 5.22.